The molecule has 0 bridgehead atoms. The van der Waals surface area contributed by atoms with Crippen molar-refractivity contribution in [2.45, 2.75) is 23.9 Å². The molecule has 2 aromatic carbocycles. The molecule has 0 aliphatic carbocycles. The maximum Gasteiger partial charge on any atom is 0.237 e. The first-order valence-electron chi connectivity index (χ1n) is 7.86. The fraction of sp³-hybridized carbons (Fsp3) is 0.176. The number of thioether (sulfide) groups is 1. The first-order valence-corrected chi connectivity index (χ1v) is 9.87. The Morgan fingerprint density at radius 3 is 2.52 bits per heavy atom. The lowest BCUT2D eigenvalue weighted by atomic mass is 10.2. The second kappa shape index (κ2) is 8.93. The van der Waals surface area contributed by atoms with E-state index >= 15 is 0 Å². The van der Waals surface area contributed by atoms with Gasteiger partial charge < -0.3 is 5.32 Å². The molecule has 6 nitrogen and oxygen atoms in total. The molecule has 1 aromatic heterocycles. The van der Waals surface area contributed by atoms with Crippen LogP contribution in [0.2, 0.25) is 15.1 Å². The SMILES string of the molecule is CC(Sc1nnnn1Cc1ccccc1)C(=O)Nc1c(Cl)cc(Cl)cc1Cl. The standard InChI is InChI=1S/C17H14Cl3N5OS/c1-10(16(26)21-15-13(19)7-12(18)8-14(15)20)27-17-22-23-24-25(17)9-11-5-3-2-4-6-11/h2-8,10H,9H2,1H3,(H,21,26). The Hall–Kier alpha value is -1.80. The monoisotopic (exact) mass is 441 g/mol. The Morgan fingerprint density at radius 1 is 1.19 bits per heavy atom. The summed E-state index contributed by atoms with van der Waals surface area (Å²) in [5, 5.41) is 15.4. The van der Waals surface area contributed by atoms with E-state index in [2.05, 4.69) is 20.8 Å². The number of hydrogen-bond acceptors (Lipinski definition) is 5. The zero-order valence-corrected chi connectivity index (χ0v) is 17.1. The maximum absolute atomic E-state index is 12.5. The average molecular weight is 443 g/mol. The lowest BCUT2D eigenvalue weighted by Gasteiger charge is -2.14. The first kappa shape index (κ1) is 19.9. The molecule has 0 aliphatic heterocycles. The highest BCUT2D eigenvalue weighted by Gasteiger charge is 2.21. The molecule has 3 aromatic rings. The summed E-state index contributed by atoms with van der Waals surface area (Å²) in [6.07, 6.45) is 0. The third-order valence-electron chi connectivity index (χ3n) is 3.58. The van der Waals surface area contributed by atoms with Crippen LogP contribution in [0.1, 0.15) is 12.5 Å². The maximum atomic E-state index is 12.5. The molecule has 0 saturated carbocycles. The van der Waals surface area contributed by atoms with Gasteiger partial charge in [0.2, 0.25) is 11.1 Å². The number of anilines is 1. The minimum Gasteiger partial charge on any atom is -0.323 e. The molecule has 0 saturated heterocycles. The summed E-state index contributed by atoms with van der Waals surface area (Å²) >= 11 is 19.4. The van der Waals surface area contributed by atoms with E-state index in [4.69, 9.17) is 34.8 Å². The molecular formula is C17H14Cl3N5OS. The van der Waals surface area contributed by atoms with E-state index in [9.17, 15) is 4.79 Å². The summed E-state index contributed by atoms with van der Waals surface area (Å²) in [6, 6.07) is 12.8. The summed E-state index contributed by atoms with van der Waals surface area (Å²) in [5.41, 5.74) is 1.38. The highest BCUT2D eigenvalue weighted by molar-refractivity contribution is 8.00. The van der Waals surface area contributed by atoms with E-state index < -0.39 is 5.25 Å². The molecule has 1 unspecified atom stereocenters. The van der Waals surface area contributed by atoms with Gasteiger partial charge in [0.15, 0.2) is 0 Å². The summed E-state index contributed by atoms with van der Waals surface area (Å²) in [6.45, 7) is 2.26. The van der Waals surface area contributed by atoms with Gasteiger partial charge in [0.05, 0.1) is 27.5 Å². The van der Waals surface area contributed by atoms with Gasteiger partial charge >= 0.3 is 0 Å². The van der Waals surface area contributed by atoms with Crippen LogP contribution in [0.3, 0.4) is 0 Å². The van der Waals surface area contributed by atoms with Crippen molar-refractivity contribution in [1.29, 1.82) is 0 Å². The molecule has 1 heterocycles. The average Bonchev–Trinajstić information content (AvgIpc) is 3.05. The number of halogens is 3. The van der Waals surface area contributed by atoms with Gasteiger partial charge in [-0.1, -0.05) is 76.9 Å². The molecule has 0 radical (unpaired) electrons. The van der Waals surface area contributed by atoms with E-state index in [-0.39, 0.29) is 16.0 Å². The number of nitrogens with one attached hydrogen (secondary N) is 1. The Morgan fingerprint density at radius 2 is 1.85 bits per heavy atom. The number of tetrazole rings is 1. The molecule has 27 heavy (non-hydrogen) atoms. The van der Waals surface area contributed by atoms with Crippen LogP contribution in [0, 0.1) is 0 Å². The fourth-order valence-corrected chi connectivity index (χ4v) is 3.93. The van der Waals surface area contributed by atoms with E-state index in [1.54, 1.807) is 11.6 Å². The van der Waals surface area contributed by atoms with Crippen molar-refractivity contribution in [1.82, 2.24) is 20.2 Å². The fourth-order valence-electron chi connectivity index (χ4n) is 2.23. The number of rotatable bonds is 6. The largest absolute Gasteiger partial charge is 0.323 e. The number of benzene rings is 2. The molecule has 1 N–H and O–H groups in total. The first-order chi connectivity index (χ1) is 12.9. The van der Waals surface area contributed by atoms with Crippen molar-refractivity contribution in [2.24, 2.45) is 0 Å². The van der Waals surface area contributed by atoms with Crippen LogP contribution >= 0.6 is 46.6 Å². The quantitative estimate of drug-likeness (QED) is 0.555. The van der Waals surface area contributed by atoms with Crippen molar-refractivity contribution >= 4 is 58.2 Å². The van der Waals surface area contributed by atoms with Gasteiger partial charge in [-0.25, -0.2) is 4.68 Å². The molecule has 3 rings (SSSR count). The minimum absolute atomic E-state index is 0.270. The number of carbonyl (C=O) groups is 1. The van der Waals surface area contributed by atoms with Crippen molar-refractivity contribution in [2.75, 3.05) is 5.32 Å². The molecule has 0 aliphatic rings. The Balaban J connectivity index is 1.68. The zero-order chi connectivity index (χ0) is 19.4. The number of nitrogens with zero attached hydrogens (tertiary/aromatic N) is 4. The second-order valence-electron chi connectivity index (χ2n) is 5.60. The molecule has 0 spiro atoms. The molecule has 10 heteroatoms. The van der Waals surface area contributed by atoms with Gasteiger partial charge in [-0.05, 0) is 35.0 Å². The van der Waals surface area contributed by atoms with E-state index in [0.29, 0.717) is 22.4 Å². The highest BCUT2D eigenvalue weighted by atomic mass is 35.5. The second-order valence-corrected chi connectivity index (χ2v) is 8.16. The Kier molecular flexibility index (Phi) is 6.59. The number of aromatic nitrogens is 4. The minimum atomic E-state index is -0.478. The Labute approximate surface area is 175 Å². The molecule has 1 amide bonds. The van der Waals surface area contributed by atoms with Crippen LogP contribution in [0.15, 0.2) is 47.6 Å². The van der Waals surface area contributed by atoms with E-state index in [0.717, 1.165) is 5.56 Å². The summed E-state index contributed by atoms with van der Waals surface area (Å²) in [5.74, 6) is -0.277. The van der Waals surface area contributed by atoms with Crippen molar-refractivity contribution < 1.29 is 4.79 Å². The number of carbonyl (C=O) groups excluding carboxylic acids is 1. The van der Waals surface area contributed by atoms with Crippen LogP contribution in [0.4, 0.5) is 5.69 Å². The van der Waals surface area contributed by atoms with Crippen molar-refractivity contribution in [3.8, 4) is 0 Å². The van der Waals surface area contributed by atoms with Gasteiger partial charge in [-0.15, -0.1) is 5.10 Å². The highest BCUT2D eigenvalue weighted by Crippen LogP contribution is 2.34. The van der Waals surface area contributed by atoms with Gasteiger partial charge in [-0.2, -0.15) is 0 Å². The molecule has 1 atom stereocenters. The lowest BCUT2D eigenvalue weighted by molar-refractivity contribution is -0.115. The van der Waals surface area contributed by atoms with Crippen molar-refractivity contribution in [3.05, 3.63) is 63.1 Å². The van der Waals surface area contributed by atoms with Crippen LogP contribution in [-0.4, -0.2) is 31.4 Å². The van der Waals surface area contributed by atoms with Gasteiger partial charge in [0, 0.05) is 5.02 Å². The van der Waals surface area contributed by atoms with Gasteiger partial charge in [0.1, 0.15) is 0 Å². The topological polar surface area (TPSA) is 72.7 Å². The van der Waals surface area contributed by atoms with Crippen LogP contribution in [0.25, 0.3) is 0 Å². The van der Waals surface area contributed by atoms with Crippen molar-refractivity contribution in [3.63, 3.8) is 0 Å². The van der Waals surface area contributed by atoms with Crippen LogP contribution < -0.4 is 5.32 Å². The smallest absolute Gasteiger partial charge is 0.237 e. The predicted molar refractivity (Wildman–Crippen MR) is 109 cm³/mol. The third-order valence-corrected chi connectivity index (χ3v) is 5.47. The molecule has 0 fully saturated rings. The van der Waals surface area contributed by atoms with E-state index in [1.165, 1.54) is 23.9 Å². The molecule has 140 valence electrons. The van der Waals surface area contributed by atoms with E-state index in [1.807, 2.05) is 30.3 Å². The summed E-state index contributed by atoms with van der Waals surface area (Å²) in [4.78, 5) is 12.5. The predicted octanol–water partition coefficient (Wildman–Crippen LogP) is 4.80. The van der Waals surface area contributed by atoms with Crippen LogP contribution in [0.5, 0.6) is 0 Å². The zero-order valence-electron chi connectivity index (χ0n) is 14.1. The molecular weight excluding hydrogens is 429 g/mol. The summed E-state index contributed by atoms with van der Waals surface area (Å²) < 4.78 is 1.64. The third kappa shape index (κ3) is 5.13. The Bertz CT molecular complexity index is 928. The van der Waals surface area contributed by atoms with Gasteiger partial charge in [0.25, 0.3) is 0 Å². The van der Waals surface area contributed by atoms with Crippen LogP contribution in [-0.2, 0) is 11.3 Å². The van der Waals surface area contributed by atoms with Gasteiger partial charge in [-0.3, -0.25) is 4.79 Å². The number of hydrogen-bond donors (Lipinski definition) is 1. The number of amides is 1. The normalized spacial score (nSPS) is 12.0. The lowest BCUT2D eigenvalue weighted by Crippen LogP contribution is -2.23. The summed E-state index contributed by atoms with van der Waals surface area (Å²) in [7, 11) is 0.